The average Bonchev–Trinajstić information content (AvgIpc) is 2.46. The molecule has 0 fully saturated rings. The van der Waals surface area contributed by atoms with Gasteiger partial charge in [-0.1, -0.05) is 18.2 Å². The third-order valence-corrected chi connectivity index (χ3v) is 2.72. The molecule has 0 radical (unpaired) electrons. The Kier molecular flexibility index (Phi) is 4.36. The molecule has 0 aliphatic rings. The van der Waals surface area contributed by atoms with Gasteiger partial charge >= 0.3 is 0 Å². The fourth-order valence-corrected chi connectivity index (χ4v) is 1.67. The van der Waals surface area contributed by atoms with Gasteiger partial charge < -0.3 is 14.6 Å². The second-order valence-corrected chi connectivity index (χ2v) is 4.06. The first-order valence-electron chi connectivity index (χ1n) is 5.88. The Hall–Kier alpha value is -2.07. The quantitative estimate of drug-likeness (QED) is 0.900. The van der Waals surface area contributed by atoms with Crippen LogP contribution in [0.1, 0.15) is 11.1 Å². The molecule has 2 aromatic carbocycles. The second-order valence-electron chi connectivity index (χ2n) is 4.06. The Balaban J connectivity index is 2.11. The SMILES string of the molecule is COc1ccc(CO)cc1OCc1ccc(F)cc1. The van der Waals surface area contributed by atoms with Crippen molar-refractivity contribution < 1.29 is 19.0 Å². The Bertz CT molecular complexity index is 538. The molecule has 0 aliphatic heterocycles. The number of hydrogen-bond acceptors (Lipinski definition) is 3. The van der Waals surface area contributed by atoms with Gasteiger partial charge in [0.25, 0.3) is 0 Å². The van der Waals surface area contributed by atoms with Gasteiger partial charge in [-0.15, -0.1) is 0 Å². The Morgan fingerprint density at radius 1 is 1.00 bits per heavy atom. The molecule has 0 saturated heterocycles. The van der Waals surface area contributed by atoms with E-state index >= 15 is 0 Å². The van der Waals surface area contributed by atoms with Crippen molar-refractivity contribution in [2.45, 2.75) is 13.2 Å². The van der Waals surface area contributed by atoms with E-state index in [1.165, 1.54) is 12.1 Å². The lowest BCUT2D eigenvalue weighted by Gasteiger charge is -2.11. The van der Waals surface area contributed by atoms with Crippen molar-refractivity contribution in [1.29, 1.82) is 0 Å². The molecule has 0 saturated carbocycles. The predicted molar refractivity (Wildman–Crippen MR) is 69.6 cm³/mol. The smallest absolute Gasteiger partial charge is 0.162 e. The largest absolute Gasteiger partial charge is 0.493 e. The van der Waals surface area contributed by atoms with Crippen LogP contribution < -0.4 is 9.47 Å². The van der Waals surface area contributed by atoms with Crippen LogP contribution in [0.4, 0.5) is 4.39 Å². The molecular formula is C15H15FO3. The molecule has 100 valence electrons. The van der Waals surface area contributed by atoms with Crippen molar-refractivity contribution in [2.75, 3.05) is 7.11 Å². The number of benzene rings is 2. The molecular weight excluding hydrogens is 247 g/mol. The van der Waals surface area contributed by atoms with E-state index in [1.807, 2.05) is 0 Å². The molecule has 0 amide bonds. The number of hydrogen-bond donors (Lipinski definition) is 1. The maximum atomic E-state index is 12.8. The van der Waals surface area contributed by atoms with Crippen LogP contribution in [-0.4, -0.2) is 12.2 Å². The van der Waals surface area contributed by atoms with Gasteiger partial charge in [-0.25, -0.2) is 4.39 Å². The molecule has 2 aromatic rings. The number of rotatable bonds is 5. The first kappa shape index (κ1) is 13.4. The van der Waals surface area contributed by atoms with Crippen molar-refractivity contribution in [3.05, 3.63) is 59.4 Å². The molecule has 0 spiro atoms. The summed E-state index contributed by atoms with van der Waals surface area (Å²) in [6, 6.07) is 11.3. The lowest BCUT2D eigenvalue weighted by molar-refractivity contribution is 0.271. The van der Waals surface area contributed by atoms with Crippen LogP contribution in [0.3, 0.4) is 0 Å². The first-order chi connectivity index (χ1) is 9.22. The Morgan fingerprint density at radius 2 is 1.68 bits per heavy atom. The molecule has 0 unspecified atom stereocenters. The van der Waals surface area contributed by atoms with Crippen molar-refractivity contribution in [3.63, 3.8) is 0 Å². The number of methoxy groups -OCH3 is 1. The third-order valence-electron chi connectivity index (χ3n) is 2.72. The lowest BCUT2D eigenvalue weighted by atomic mass is 10.2. The topological polar surface area (TPSA) is 38.7 Å². The molecule has 19 heavy (non-hydrogen) atoms. The summed E-state index contributed by atoms with van der Waals surface area (Å²) in [4.78, 5) is 0. The van der Waals surface area contributed by atoms with E-state index in [2.05, 4.69) is 0 Å². The van der Waals surface area contributed by atoms with E-state index in [0.29, 0.717) is 18.1 Å². The van der Waals surface area contributed by atoms with Crippen LogP contribution in [0.25, 0.3) is 0 Å². The van der Waals surface area contributed by atoms with E-state index in [-0.39, 0.29) is 12.4 Å². The van der Waals surface area contributed by atoms with Gasteiger partial charge in [0.2, 0.25) is 0 Å². The van der Waals surface area contributed by atoms with Gasteiger partial charge in [-0.2, -0.15) is 0 Å². The highest BCUT2D eigenvalue weighted by Crippen LogP contribution is 2.28. The van der Waals surface area contributed by atoms with E-state index in [4.69, 9.17) is 14.6 Å². The highest BCUT2D eigenvalue weighted by molar-refractivity contribution is 5.42. The molecule has 0 atom stereocenters. The summed E-state index contributed by atoms with van der Waals surface area (Å²) < 4.78 is 23.6. The van der Waals surface area contributed by atoms with Gasteiger partial charge in [0, 0.05) is 0 Å². The van der Waals surface area contributed by atoms with E-state index in [0.717, 1.165) is 11.1 Å². The monoisotopic (exact) mass is 262 g/mol. The fourth-order valence-electron chi connectivity index (χ4n) is 1.67. The summed E-state index contributed by atoms with van der Waals surface area (Å²) in [7, 11) is 1.55. The van der Waals surface area contributed by atoms with E-state index in [1.54, 1.807) is 37.4 Å². The minimum atomic E-state index is -0.274. The molecule has 1 N–H and O–H groups in total. The second kappa shape index (κ2) is 6.20. The van der Waals surface area contributed by atoms with Gasteiger partial charge in [-0.05, 0) is 35.4 Å². The number of aliphatic hydroxyl groups is 1. The zero-order valence-corrected chi connectivity index (χ0v) is 10.6. The molecule has 0 aromatic heterocycles. The Labute approximate surface area is 111 Å². The van der Waals surface area contributed by atoms with Crippen LogP contribution in [-0.2, 0) is 13.2 Å². The summed E-state index contributed by atoms with van der Waals surface area (Å²) in [5.74, 6) is 0.876. The summed E-state index contributed by atoms with van der Waals surface area (Å²) in [6.45, 7) is 0.252. The standard InChI is InChI=1S/C15H15FO3/c1-18-14-7-4-12(9-17)8-15(14)19-10-11-2-5-13(16)6-3-11/h2-8,17H,9-10H2,1H3. The molecule has 2 rings (SSSR count). The maximum absolute atomic E-state index is 12.8. The van der Waals surface area contributed by atoms with Crippen LogP contribution in [0.2, 0.25) is 0 Å². The average molecular weight is 262 g/mol. The lowest BCUT2D eigenvalue weighted by Crippen LogP contribution is -1.98. The summed E-state index contributed by atoms with van der Waals surface area (Å²) in [5.41, 5.74) is 1.60. The molecule has 3 nitrogen and oxygen atoms in total. The van der Waals surface area contributed by atoms with Crippen molar-refractivity contribution in [3.8, 4) is 11.5 Å². The van der Waals surface area contributed by atoms with Crippen LogP contribution in [0.5, 0.6) is 11.5 Å². The third kappa shape index (κ3) is 3.45. The van der Waals surface area contributed by atoms with E-state index < -0.39 is 0 Å². The first-order valence-corrected chi connectivity index (χ1v) is 5.88. The van der Waals surface area contributed by atoms with E-state index in [9.17, 15) is 4.39 Å². The van der Waals surface area contributed by atoms with Gasteiger partial charge in [0.15, 0.2) is 11.5 Å². The summed E-state index contributed by atoms with van der Waals surface area (Å²) >= 11 is 0. The molecule has 0 bridgehead atoms. The maximum Gasteiger partial charge on any atom is 0.162 e. The van der Waals surface area contributed by atoms with Gasteiger partial charge in [0.05, 0.1) is 13.7 Å². The van der Waals surface area contributed by atoms with Gasteiger partial charge in [-0.3, -0.25) is 0 Å². The highest BCUT2D eigenvalue weighted by Gasteiger charge is 2.06. The number of aliphatic hydroxyl groups excluding tert-OH is 1. The van der Waals surface area contributed by atoms with Crippen LogP contribution >= 0.6 is 0 Å². The minimum absolute atomic E-state index is 0.0586. The van der Waals surface area contributed by atoms with Crippen molar-refractivity contribution >= 4 is 0 Å². The molecule has 0 heterocycles. The highest BCUT2D eigenvalue weighted by atomic mass is 19.1. The van der Waals surface area contributed by atoms with Gasteiger partial charge in [0.1, 0.15) is 12.4 Å². The number of ether oxygens (including phenoxy) is 2. The fraction of sp³-hybridized carbons (Fsp3) is 0.200. The number of halogens is 1. The van der Waals surface area contributed by atoms with Crippen LogP contribution in [0.15, 0.2) is 42.5 Å². The molecule has 0 aliphatic carbocycles. The minimum Gasteiger partial charge on any atom is -0.493 e. The zero-order valence-electron chi connectivity index (χ0n) is 10.6. The summed E-state index contributed by atoms with van der Waals surface area (Å²) in [6.07, 6.45) is 0. The van der Waals surface area contributed by atoms with Crippen molar-refractivity contribution in [2.24, 2.45) is 0 Å². The zero-order chi connectivity index (χ0) is 13.7. The summed E-state index contributed by atoms with van der Waals surface area (Å²) in [5, 5.41) is 9.10. The normalized spacial score (nSPS) is 10.3. The Morgan fingerprint density at radius 3 is 2.32 bits per heavy atom. The van der Waals surface area contributed by atoms with Crippen molar-refractivity contribution in [1.82, 2.24) is 0 Å². The molecule has 4 heteroatoms. The van der Waals surface area contributed by atoms with Crippen LogP contribution in [0, 0.1) is 5.82 Å². The predicted octanol–water partition coefficient (Wildman–Crippen LogP) is 2.91.